The first kappa shape index (κ1) is 33.1. The van der Waals surface area contributed by atoms with Crippen molar-refractivity contribution in [3.05, 3.63) is 0 Å². The molecular formula is C39H61NO8. The van der Waals surface area contributed by atoms with Gasteiger partial charge in [-0.3, -0.25) is 4.90 Å². The van der Waals surface area contributed by atoms with Gasteiger partial charge in [0.2, 0.25) is 0 Å². The Hall–Kier alpha value is -0.810. The van der Waals surface area contributed by atoms with Gasteiger partial charge in [0, 0.05) is 12.0 Å². The Morgan fingerprint density at radius 2 is 1.69 bits per heavy atom. The number of ether oxygens (including phenoxy) is 6. The summed E-state index contributed by atoms with van der Waals surface area (Å²) in [6, 6.07) is 0.517. The fourth-order valence-corrected chi connectivity index (χ4v) is 14.7. The van der Waals surface area contributed by atoms with Crippen LogP contribution in [0.4, 0.5) is 0 Å². The fourth-order valence-electron chi connectivity index (χ4n) is 14.7. The summed E-state index contributed by atoms with van der Waals surface area (Å²) in [7, 11) is 0. The van der Waals surface area contributed by atoms with Gasteiger partial charge in [-0.25, -0.2) is 4.79 Å². The molecule has 9 rings (SSSR count). The first-order valence-electron chi connectivity index (χ1n) is 19.4. The van der Waals surface area contributed by atoms with Crippen molar-refractivity contribution in [3.8, 4) is 0 Å². The van der Waals surface area contributed by atoms with Crippen LogP contribution in [0.25, 0.3) is 0 Å². The fraction of sp³-hybridized carbons (Fsp3) is 0.974. The maximum Gasteiger partial charge on any atom is 0.332 e. The third kappa shape index (κ3) is 4.19. The highest BCUT2D eigenvalue weighted by Crippen LogP contribution is 2.89. The van der Waals surface area contributed by atoms with Crippen LogP contribution in [0, 0.1) is 50.7 Å². The second-order valence-electron chi connectivity index (χ2n) is 19.5. The molecule has 270 valence electrons. The molecule has 2 spiro atoms. The molecule has 5 aliphatic carbocycles. The van der Waals surface area contributed by atoms with Crippen molar-refractivity contribution < 1.29 is 38.3 Å². The molecule has 0 aromatic carbocycles. The molecule has 5 saturated carbocycles. The number of aliphatic hydroxyl groups excluding tert-OH is 1. The lowest BCUT2D eigenvalue weighted by atomic mass is 9.41. The summed E-state index contributed by atoms with van der Waals surface area (Å²) in [6.07, 6.45) is 8.05. The Kier molecular flexibility index (Phi) is 7.32. The van der Waals surface area contributed by atoms with Gasteiger partial charge in [0.05, 0.1) is 56.8 Å². The van der Waals surface area contributed by atoms with Gasteiger partial charge in [0.25, 0.3) is 0 Å². The quantitative estimate of drug-likeness (QED) is 0.416. The van der Waals surface area contributed by atoms with Gasteiger partial charge in [-0.2, -0.15) is 0 Å². The average Bonchev–Trinajstić information content (AvgIpc) is 3.62. The maximum absolute atomic E-state index is 12.6. The van der Waals surface area contributed by atoms with Crippen LogP contribution in [0.1, 0.15) is 99.8 Å². The normalized spacial score (nSPS) is 55.6. The molecule has 14 atom stereocenters. The number of carbonyl (C=O) groups excluding carboxylic acids is 1. The van der Waals surface area contributed by atoms with Crippen LogP contribution < -0.4 is 0 Å². The van der Waals surface area contributed by atoms with Crippen LogP contribution in [0.5, 0.6) is 0 Å². The number of fused-ring (bicyclic) bond motifs is 4. The van der Waals surface area contributed by atoms with E-state index in [2.05, 4.69) is 39.5 Å². The van der Waals surface area contributed by atoms with E-state index in [-0.39, 0.29) is 59.5 Å². The number of cyclic esters (lactones) is 1. The monoisotopic (exact) mass is 671 g/mol. The highest BCUT2D eigenvalue weighted by atomic mass is 16.7. The van der Waals surface area contributed by atoms with E-state index in [9.17, 15) is 9.90 Å². The van der Waals surface area contributed by atoms with Crippen molar-refractivity contribution in [3.63, 3.8) is 0 Å². The van der Waals surface area contributed by atoms with E-state index in [1.807, 2.05) is 13.8 Å². The van der Waals surface area contributed by atoms with E-state index in [0.717, 1.165) is 52.2 Å². The van der Waals surface area contributed by atoms with Gasteiger partial charge in [-0.15, -0.1) is 0 Å². The average molecular weight is 672 g/mol. The van der Waals surface area contributed by atoms with Crippen LogP contribution >= 0.6 is 0 Å². The summed E-state index contributed by atoms with van der Waals surface area (Å²) in [5.74, 6) is 1.48. The van der Waals surface area contributed by atoms with Crippen molar-refractivity contribution in [2.45, 2.75) is 148 Å². The lowest BCUT2D eigenvalue weighted by Crippen LogP contribution is -2.60. The molecule has 9 aliphatic rings. The molecule has 9 heteroatoms. The van der Waals surface area contributed by atoms with Gasteiger partial charge in [0.1, 0.15) is 18.3 Å². The molecule has 9 fully saturated rings. The first-order chi connectivity index (χ1) is 22.7. The molecule has 1 N–H and O–H groups in total. The molecule has 0 aromatic rings. The van der Waals surface area contributed by atoms with Crippen LogP contribution in [0.15, 0.2) is 0 Å². The number of morpholine rings is 1. The van der Waals surface area contributed by atoms with E-state index < -0.39 is 11.7 Å². The molecule has 4 saturated heterocycles. The van der Waals surface area contributed by atoms with Gasteiger partial charge in [0.15, 0.2) is 6.29 Å². The minimum absolute atomic E-state index is 0.00884. The van der Waals surface area contributed by atoms with Gasteiger partial charge in [-0.05, 0) is 111 Å². The Morgan fingerprint density at radius 3 is 2.42 bits per heavy atom. The molecule has 9 nitrogen and oxygen atoms in total. The summed E-state index contributed by atoms with van der Waals surface area (Å²) in [5, 5.41) is 12.6. The van der Waals surface area contributed by atoms with Crippen molar-refractivity contribution in [2.24, 2.45) is 50.7 Å². The molecule has 0 radical (unpaired) electrons. The third-order valence-corrected chi connectivity index (χ3v) is 17.1. The predicted molar refractivity (Wildman–Crippen MR) is 177 cm³/mol. The number of rotatable bonds is 4. The standard InChI is InChI=1S/C39H61NO8/c1-22-16-24(33-35(4,5)48-28(41)20-45-33)46-31-30(22)36(6)12-13-39-21-38(39)11-10-27(47-29-17-40(14-15-44-29)23-18-43-19-23)34(2,3)25(38)8-9-26(39)37(36,7)32(31)42/h22-27,29-33,42H,8-21H2,1-7H3. The van der Waals surface area contributed by atoms with Gasteiger partial charge < -0.3 is 33.5 Å². The summed E-state index contributed by atoms with van der Waals surface area (Å²) in [6.45, 7) is 20.4. The molecular weight excluding hydrogens is 610 g/mol. The number of carbonyl (C=O) groups is 1. The van der Waals surface area contributed by atoms with E-state index in [1.165, 1.54) is 32.1 Å². The van der Waals surface area contributed by atoms with Crippen molar-refractivity contribution >= 4 is 5.97 Å². The Morgan fingerprint density at radius 1 is 0.938 bits per heavy atom. The van der Waals surface area contributed by atoms with Crippen molar-refractivity contribution in [1.29, 1.82) is 0 Å². The van der Waals surface area contributed by atoms with E-state index in [1.54, 1.807) is 0 Å². The van der Waals surface area contributed by atoms with Crippen molar-refractivity contribution in [1.82, 2.24) is 4.90 Å². The molecule has 4 aliphatic heterocycles. The smallest absolute Gasteiger partial charge is 0.332 e. The molecule has 0 amide bonds. The zero-order valence-electron chi connectivity index (χ0n) is 30.5. The molecule has 0 bridgehead atoms. The zero-order valence-corrected chi connectivity index (χ0v) is 30.5. The highest BCUT2D eigenvalue weighted by Gasteiger charge is 2.84. The lowest BCUT2D eigenvalue weighted by Gasteiger charge is -2.64. The predicted octanol–water partition coefficient (Wildman–Crippen LogP) is 4.96. The van der Waals surface area contributed by atoms with Crippen LogP contribution in [0.2, 0.25) is 0 Å². The second kappa shape index (κ2) is 10.6. The van der Waals surface area contributed by atoms with E-state index >= 15 is 0 Å². The van der Waals surface area contributed by atoms with Crippen LogP contribution in [0.3, 0.4) is 0 Å². The van der Waals surface area contributed by atoms with Gasteiger partial charge in [-0.1, -0.05) is 34.6 Å². The maximum atomic E-state index is 12.6. The third-order valence-electron chi connectivity index (χ3n) is 17.1. The number of hydrogen-bond donors (Lipinski definition) is 1. The summed E-state index contributed by atoms with van der Waals surface area (Å²) >= 11 is 0. The topological polar surface area (TPSA) is 95.9 Å². The Balaban J connectivity index is 0.950. The van der Waals surface area contributed by atoms with Gasteiger partial charge >= 0.3 is 5.97 Å². The molecule has 48 heavy (non-hydrogen) atoms. The number of esters is 1. The minimum Gasteiger partial charge on any atom is -0.455 e. The largest absolute Gasteiger partial charge is 0.455 e. The Bertz CT molecular complexity index is 1320. The minimum atomic E-state index is -0.761. The zero-order chi connectivity index (χ0) is 33.6. The molecule has 4 heterocycles. The lowest BCUT2D eigenvalue weighted by molar-refractivity contribution is -0.256. The Labute approximate surface area is 287 Å². The summed E-state index contributed by atoms with van der Waals surface area (Å²) in [5.41, 5.74) is -0.246. The van der Waals surface area contributed by atoms with Crippen LogP contribution in [-0.4, -0.2) is 104 Å². The van der Waals surface area contributed by atoms with Crippen LogP contribution in [-0.2, 0) is 33.2 Å². The number of nitrogens with zero attached hydrogens (tertiary/aromatic N) is 1. The first-order valence-corrected chi connectivity index (χ1v) is 19.4. The second-order valence-corrected chi connectivity index (χ2v) is 19.5. The summed E-state index contributed by atoms with van der Waals surface area (Å²) < 4.78 is 37.5. The summed E-state index contributed by atoms with van der Waals surface area (Å²) in [4.78, 5) is 14.6. The van der Waals surface area contributed by atoms with Crippen molar-refractivity contribution in [2.75, 3.05) is 39.5 Å². The molecule has 0 aromatic heterocycles. The van der Waals surface area contributed by atoms with E-state index in [4.69, 9.17) is 28.4 Å². The number of hydrogen-bond acceptors (Lipinski definition) is 9. The molecule has 14 unspecified atom stereocenters. The number of aliphatic hydroxyl groups is 1. The highest BCUT2D eigenvalue weighted by molar-refractivity contribution is 5.72. The van der Waals surface area contributed by atoms with E-state index in [0.29, 0.717) is 40.5 Å². The SMILES string of the molecule is CC1CC(C2OCC(=O)OC2(C)C)OC2C1C1(C)CCC34CC35CCC(OC3CN(C6COC6)CCO3)C(C)(C)C5CCC4C1(C)C2O.